The zero-order valence-electron chi connectivity index (χ0n) is 6.64. The Morgan fingerprint density at radius 1 is 1.46 bits per heavy atom. The van der Waals surface area contributed by atoms with Crippen LogP contribution >= 0.6 is 43.5 Å². The minimum Gasteiger partial charge on any atom is -0.302 e. The normalized spacial score (nSPS) is 12.5. The predicted octanol–water partition coefficient (Wildman–Crippen LogP) is 3.56. The summed E-state index contributed by atoms with van der Waals surface area (Å²) in [5.41, 5.74) is 1.04. The second kappa shape index (κ2) is 5.13. The van der Waals surface area contributed by atoms with E-state index in [1.54, 1.807) is 0 Å². The van der Waals surface area contributed by atoms with E-state index in [1.807, 2.05) is 18.2 Å². The zero-order valence-corrected chi connectivity index (χ0v) is 10.6. The summed E-state index contributed by atoms with van der Waals surface area (Å²) in [5, 5.41) is -0.447. The number of benzene rings is 1. The van der Waals surface area contributed by atoms with Gasteiger partial charge in [0.1, 0.15) is 6.29 Å². The predicted molar refractivity (Wildman–Crippen MR) is 61.3 cm³/mol. The van der Waals surface area contributed by atoms with Gasteiger partial charge in [-0.25, -0.2) is 0 Å². The Balaban J connectivity index is 2.83. The molecule has 0 saturated carbocycles. The van der Waals surface area contributed by atoms with Crippen molar-refractivity contribution in [3.05, 3.63) is 32.7 Å². The van der Waals surface area contributed by atoms with Gasteiger partial charge in [-0.1, -0.05) is 37.9 Å². The lowest BCUT2D eigenvalue weighted by Crippen LogP contribution is -2.04. The molecule has 1 aromatic carbocycles. The number of hydrogen-bond donors (Lipinski definition) is 0. The molecule has 1 unspecified atom stereocenters. The molecule has 0 aromatic heterocycles. The lowest BCUT2D eigenvalue weighted by molar-refractivity contribution is -0.107. The molecule has 13 heavy (non-hydrogen) atoms. The fraction of sp³-hybridized carbons (Fsp3) is 0.222. The van der Waals surface area contributed by atoms with Gasteiger partial charge in [-0.3, -0.25) is 0 Å². The van der Waals surface area contributed by atoms with Crippen molar-refractivity contribution < 1.29 is 4.79 Å². The van der Waals surface area contributed by atoms with Crippen molar-refractivity contribution in [2.75, 3.05) is 0 Å². The fourth-order valence-corrected chi connectivity index (χ4v) is 2.32. The molecule has 0 fully saturated rings. The minimum absolute atomic E-state index is 0.447. The molecule has 0 aliphatic rings. The van der Waals surface area contributed by atoms with Crippen molar-refractivity contribution in [3.8, 4) is 0 Å². The molecule has 1 aromatic rings. The van der Waals surface area contributed by atoms with Crippen LogP contribution in [0.5, 0.6) is 0 Å². The van der Waals surface area contributed by atoms with Gasteiger partial charge in [0, 0.05) is 8.95 Å². The molecule has 0 bridgehead atoms. The van der Waals surface area contributed by atoms with Gasteiger partial charge in [-0.05, 0) is 24.1 Å². The van der Waals surface area contributed by atoms with Crippen molar-refractivity contribution in [1.82, 2.24) is 0 Å². The molecule has 0 heterocycles. The Hall–Kier alpha value is 0.140. The van der Waals surface area contributed by atoms with Crippen LogP contribution in [0.4, 0.5) is 0 Å². The molecule has 0 amide bonds. The van der Waals surface area contributed by atoms with Gasteiger partial charge in [-0.2, -0.15) is 0 Å². The van der Waals surface area contributed by atoms with Crippen LogP contribution < -0.4 is 0 Å². The smallest absolute Gasteiger partial charge is 0.138 e. The van der Waals surface area contributed by atoms with Crippen LogP contribution in [0.1, 0.15) is 5.56 Å². The van der Waals surface area contributed by atoms with Crippen molar-refractivity contribution >= 4 is 49.7 Å². The molecular weight excluding hydrogens is 319 g/mol. The Kier molecular flexibility index (Phi) is 4.42. The van der Waals surface area contributed by atoms with Crippen molar-refractivity contribution in [3.63, 3.8) is 0 Å². The number of alkyl halides is 1. The molecule has 1 atom stereocenters. The standard InChI is InChI=1S/C9H7Br2ClO/c10-7-2-1-6(9(11)4-7)3-8(12)5-13/h1-2,4-5,8H,3H2. The minimum atomic E-state index is -0.447. The summed E-state index contributed by atoms with van der Waals surface area (Å²) in [6.07, 6.45) is 1.30. The van der Waals surface area contributed by atoms with Crippen LogP contribution in [0.25, 0.3) is 0 Å². The van der Waals surface area contributed by atoms with Crippen molar-refractivity contribution in [2.45, 2.75) is 11.8 Å². The van der Waals surface area contributed by atoms with Crippen LogP contribution in [-0.4, -0.2) is 11.7 Å². The number of aldehydes is 1. The van der Waals surface area contributed by atoms with Gasteiger partial charge in [-0.15, -0.1) is 11.6 Å². The van der Waals surface area contributed by atoms with Gasteiger partial charge in [0.25, 0.3) is 0 Å². The molecule has 4 heteroatoms. The maximum atomic E-state index is 10.3. The number of halogens is 3. The topological polar surface area (TPSA) is 17.1 Å². The van der Waals surface area contributed by atoms with E-state index in [2.05, 4.69) is 31.9 Å². The van der Waals surface area contributed by atoms with Gasteiger partial charge in [0.05, 0.1) is 5.38 Å². The number of rotatable bonds is 3. The van der Waals surface area contributed by atoms with E-state index in [0.717, 1.165) is 20.8 Å². The highest BCUT2D eigenvalue weighted by Crippen LogP contribution is 2.23. The van der Waals surface area contributed by atoms with E-state index in [0.29, 0.717) is 6.42 Å². The first-order valence-electron chi connectivity index (χ1n) is 3.67. The molecule has 0 aliphatic carbocycles. The molecule has 0 aliphatic heterocycles. The van der Waals surface area contributed by atoms with Crippen LogP contribution in [-0.2, 0) is 11.2 Å². The summed E-state index contributed by atoms with van der Waals surface area (Å²) in [6, 6.07) is 5.80. The van der Waals surface area contributed by atoms with Crippen molar-refractivity contribution in [2.24, 2.45) is 0 Å². The maximum Gasteiger partial charge on any atom is 0.138 e. The van der Waals surface area contributed by atoms with Crippen LogP contribution in [0.2, 0.25) is 0 Å². The molecule has 1 nitrogen and oxygen atoms in total. The molecule has 1 rings (SSSR count). The third-order valence-electron chi connectivity index (χ3n) is 1.58. The number of carbonyl (C=O) groups excluding carboxylic acids is 1. The first-order valence-corrected chi connectivity index (χ1v) is 5.69. The van der Waals surface area contributed by atoms with Crippen LogP contribution in [0.3, 0.4) is 0 Å². The maximum absolute atomic E-state index is 10.3. The Morgan fingerprint density at radius 2 is 2.15 bits per heavy atom. The molecule has 70 valence electrons. The second-order valence-corrected chi connectivity index (χ2v) is 4.92. The fourth-order valence-electron chi connectivity index (χ4n) is 0.945. The number of hydrogen-bond acceptors (Lipinski definition) is 1. The summed E-state index contributed by atoms with van der Waals surface area (Å²) in [6.45, 7) is 0. The van der Waals surface area contributed by atoms with E-state index in [9.17, 15) is 4.79 Å². The molecular formula is C9H7Br2ClO. The monoisotopic (exact) mass is 324 g/mol. The van der Waals surface area contributed by atoms with Gasteiger partial charge >= 0.3 is 0 Å². The van der Waals surface area contributed by atoms with Gasteiger partial charge in [0.15, 0.2) is 0 Å². The quantitative estimate of drug-likeness (QED) is 0.613. The highest BCUT2D eigenvalue weighted by atomic mass is 79.9. The molecule has 0 spiro atoms. The highest BCUT2D eigenvalue weighted by Gasteiger charge is 2.07. The van der Waals surface area contributed by atoms with E-state index in [4.69, 9.17) is 11.6 Å². The van der Waals surface area contributed by atoms with E-state index < -0.39 is 5.38 Å². The Morgan fingerprint density at radius 3 is 2.69 bits per heavy atom. The summed E-state index contributed by atoms with van der Waals surface area (Å²) in [4.78, 5) is 10.3. The lowest BCUT2D eigenvalue weighted by Gasteiger charge is -2.05. The highest BCUT2D eigenvalue weighted by molar-refractivity contribution is 9.11. The largest absolute Gasteiger partial charge is 0.302 e. The lowest BCUT2D eigenvalue weighted by atomic mass is 10.1. The average Bonchev–Trinajstić information content (AvgIpc) is 2.09. The van der Waals surface area contributed by atoms with Gasteiger partial charge in [0.2, 0.25) is 0 Å². The van der Waals surface area contributed by atoms with Crippen molar-refractivity contribution in [1.29, 1.82) is 0 Å². The summed E-state index contributed by atoms with van der Waals surface area (Å²) >= 11 is 12.5. The average molecular weight is 326 g/mol. The SMILES string of the molecule is O=CC(Cl)Cc1ccc(Br)cc1Br. The first kappa shape index (κ1) is 11.2. The Bertz CT molecular complexity index is 314. The van der Waals surface area contributed by atoms with Gasteiger partial charge < -0.3 is 4.79 Å². The molecule has 0 radical (unpaired) electrons. The number of carbonyl (C=O) groups is 1. The third-order valence-corrected chi connectivity index (χ3v) is 3.07. The van der Waals surface area contributed by atoms with Crippen LogP contribution in [0, 0.1) is 0 Å². The van der Waals surface area contributed by atoms with Crippen LogP contribution in [0.15, 0.2) is 27.1 Å². The summed E-state index contributed by atoms with van der Waals surface area (Å²) in [5.74, 6) is 0. The van der Waals surface area contributed by atoms with E-state index >= 15 is 0 Å². The Labute approximate surface area is 98.7 Å². The zero-order chi connectivity index (χ0) is 9.84. The third kappa shape index (κ3) is 3.41. The molecule has 0 saturated heterocycles. The summed E-state index contributed by atoms with van der Waals surface area (Å²) in [7, 11) is 0. The van der Waals surface area contributed by atoms with E-state index in [1.165, 1.54) is 0 Å². The first-order chi connectivity index (χ1) is 6.13. The van der Waals surface area contributed by atoms with E-state index in [-0.39, 0.29) is 0 Å². The second-order valence-electron chi connectivity index (χ2n) is 2.59. The molecule has 0 N–H and O–H groups in total. The summed E-state index contributed by atoms with van der Waals surface area (Å²) < 4.78 is 1.97.